The molecule has 0 bridgehead atoms. The van der Waals surface area contributed by atoms with Gasteiger partial charge in [0.15, 0.2) is 4.34 Å². The molecule has 0 aliphatic rings. The van der Waals surface area contributed by atoms with Gasteiger partial charge < -0.3 is 0 Å². The first-order valence-corrected chi connectivity index (χ1v) is 6.41. The summed E-state index contributed by atoms with van der Waals surface area (Å²) in [6, 6.07) is 0.901. The van der Waals surface area contributed by atoms with Crippen LogP contribution in [0.2, 0.25) is 4.34 Å². The Morgan fingerprint density at radius 2 is 2.19 bits per heavy atom. The van der Waals surface area contributed by atoms with Gasteiger partial charge in [-0.05, 0) is 0 Å². The topological polar surface area (TPSA) is 89.8 Å². The van der Waals surface area contributed by atoms with Gasteiger partial charge in [-0.1, -0.05) is 16.1 Å². The molecule has 0 unspecified atom stereocenters. The van der Waals surface area contributed by atoms with E-state index in [0.717, 1.165) is 6.07 Å². The van der Waals surface area contributed by atoms with Crippen molar-refractivity contribution in [3.63, 3.8) is 0 Å². The van der Waals surface area contributed by atoms with Gasteiger partial charge >= 0.3 is 0 Å². The summed E-state index contributed by atoms with van der Waals surface area (Å²) in [6.07, 6.45) is 0. The zero-order valence-corrected chi connectivity index (χ0v) is 10.6. The third-order valence-corrected chi connectivity index (χ3v) is 5.16. The zero-order chi connectivity index (χ0) is 12.5. The van der Waals surface area contributed by atoms with E-state index in [0.29, 0.717) is 15.8 Å². The summed E-state index contributed by atoms with van der Waals surface area (Å²) in [6.45, 7) is 0. The highest BCUT2D eigenvalue weighted by atomic mass is 35.5. The van der Waals surface area contributed by atoms with Gasteiger partial charge in [-0.2, -0.15) is 0 Å². The highest BCUT2D eigenvalue weighted by Crippen LogP contribution is 2.37. The molecule has 1 heterocycles. The molecule has 1 aromatic rings. The van der Waals surface area contributed by atoms with Crippen molar-refractivity contribution in [3.8, 4) is 0 Å². The Kier molecular flexibility index (Phi) is 3.86. The molecule has 0 radical (unpaired) electrons. The maximum Gasteiger partial charge on any atom is 0.300 e. The van der Waals surface area contributed by atoms with Crippen LogP contribution in [0.15, 0.2) is 10.3 Å². The van der Waals surface area contributed by atoms with Crippen molar-refractivity contribution >= 4 is 38.6 Å². The third kappa shape index (κ3) is 2.33. The third-order valence-electron chi connectivity index (χ3n) is 1.69. The lowest BCUT2D eigenvalue weighted by atomic mass is 10.6. The predicted molar refractivity (Wildman–Crippen MR) is 57.9 cm³/mol. The van der Waals surface area contributed by atoms with Crippen molar-refractivity contribution in [2.75, 3.05) is 14.2 Å². The molecule has 0 saturated carbocycles. The van der Waals surface area contributed by atoms with Crippen LogP contribution in [0.4, 0.5) is 5.69 Å². The van der Waals surface area contributed by atoms with Crippen LogP contribution in [0.5, 0.6) is 0 Å². The van der Waals surface area contributed by atoms with E-state index in [4.69, 9.17) is 11.6 Å². The van der Waals surface area contributed by atoms with Crippen LogP contribution >= 0.6 is 22.9 Å². The number of rotatable bonds is 4. The fraction of sp³-hybridized carbons (Fsp3) is 0.333. The molecule has 0 aliphatic carbocycles. The number of thiophene rings is 1. The summed E-state index contributed by atoms with van der Waals surface area (Å²) >= 11 is 6.15. The van der Waals surface area contributed by atoms with Gasteiger partial charge in [-0.25, -0.2) is 8.42 Å². The van der Waals surface area contributed by atoms with E-state index in [1.54, 1.807) is 0 Å². The molecule has 90 valence electrons. The first-order chi connectivity index (χ1) is 7.30. The Morgan fingerprint density at radius 1 is 1.62 bits per heavy atom. The van der Waals surface area contributed by atoms with Crippen molar-refractivity contribution in [2.24, 2.45) is 0 Å². The highest BCUT2D eigenvalue weighted by Gasteiger charge is 2.28. The predicted octanol–water partition coefficient (Wildman–Crippen LogP) is 1.49. The molecule has 0 atom stereocenters. The number of nitrogens with zero attached hydrogens (tertiary/aromatic N) is 2. The van der Waals surface area contributed by atoms with Crippen LogP contribution < -0.4 is 0 Å². The van der Waals surface area contributed by atoms with Gasteiger partial charge in [0.2, 0.25) is 0 Å². The fourth-order valence-electron chi connectivity index (χ4n) is 0.815. The van der Waals surface area contributed by atoms with Gasteiger partial charge in [0.25, 0.3) is 15.7 Å². The minimum Gasteiger partial charge on any atom is -0.288 e. The molecule has 0 aliphatic heterocycles. The second kappa shape index (κ2) is 4.63. The normalized spacial score (nSPS) is 12.0. The molecule has 0 fully saturated rings. The Morgan fingerprint density at radius 3 is 2.56 bits per heavy atom. The maximum atomic E-state index is 11.7. The molecule has 0 spiro atoms. The average Bonchev–Trinajstić information content (AvgIpc) is 2.59. The van der Waals surface area contributed by atoms with E-state index < -0.39 is 20.6 Å². The number of hydroxylamine groups is 1. The lowest BCUT2D eigenvalue weighted by Gasteiger charge is -2.11. The minimum absolute atomic E-state index is 0.187. The summed E-state index contributed by atoms with van der Waals surface area (Å²) in [4.78, 5) is 14.3. The van der Waals surface area contributed by atoms with Gasteiger partial charge in [0, 0.05) is 13.1 Å². The molecule has 1 rings (SSSR count). The van der Waals surface area contributed by atoms with Crippen molar-refractivity contribution < 1.29 is 18.2 Å². The molecule has 0 amide bonds. The van der Waals surface area contributed by atoms with Crippen LogP contribution in [-0.2, 0) is 14.9 Å². The summed E-state index contributed by atoms with van der Waals surface area (Å²) in [5.41, 5.74) is -0.435. The second-order valence-electron chi connectivity index (χ2n) is 2.58. The first-order valence-electron chi connectivity index (χ1n) is 3.77. The standard InChI is InChI=1S/C6H7ClN2O5S2/c1-8(14-2)16(12,13)5-3-4(9(10)11)6(7)15-5/h3H,1-2H3. The summed E-state index contributed by atoms with van der Waals surface area (Å²) < 4.78 is 23.5. The first kappa shape index (κ1) is 13.3. The summed E-state index contributed by atoms with van der Waals surface area (Å²) in [7, 11) is -1.54. The Balaban J connectivity index is 3.26. The molecule has 16 heavy (non-hydrogen) atoms. The molecule has 0 saturated heterocycles. The van der Waals surface area contributed by atoms with Crippen LogP contribution in [0.3, 0.4) is 0 Å². The van der Waals surface area contributed by atoms with Gasteiger partial charge in [0.1, 0.15) is 4.21 Å². The number of hydrogen-bond acceptors (Lipinski definition) is 6. The second-order valence-corrected chi connectivity index (χ2v) is 6.40. The number of halogens is 1. The van der Waals surface area contributed by atoms with E-state index >= 15 is 0 Å². The monoisotopic (exact) mass is 286 g/mol. The van der Waals surface area contributed by atoms with Gasteiger partial charge in [0.05, 0.1) is 12.0 Å². The zero-order valence-electron chi connectivity index (χ0n) is 8.21. The minimum atomic E-state index is -3.88. The number of hydrogen-bond donors (Lipinski definition) is 0. The smallest absolute Gasteiger partial charge is 0.288 e. The van der Waals surface area contributed by atoms with Gasteiger partial charge in [-0.15, -0.1) is 11.3 Å². The largest absolute Gasteiger partial charge is 0.300 e. The van der Waals surface area contributed by atoms with Crippen molar-refractivity contribution in [1.29, 1.82) is 0 Å². The van der Waals surface area contributed by atoms with E-state index in [1.165, 1.54) is 14.2 Å². The van der Waals surface area contributed by atoms with Crippen molar-refractivity contribution in [1.82, 2.24) is 4.47 Å². The Hall–Kier alpha value is -0.740. The Bertz CT molecular complexity index is 511. The van der Waals surface area contributed by atoms with E-state index in [1.807, 2.05) is 0 Å². The van der Waals surface area contributed by atoms with Crippen LogP contribution in [0.25, 0.3) is 0 Å². The quantitative estimate of drug-likeness (QED) is 0.618. The van der Waals surface area contributed by atoms with E-state index in [-0.39, 0.29) is 8.55 Å². The van der Waals surface area contributed by atoms with E-state index in [9.17, 15) is 18.5 Å². The molecule has 0 N–H and O–H groups in total. The average molecular weight is 287 g/mol. The molecule has 7 nitrogen and oxygen atoms in total. The molecule has 1 aromatic heterocycles. The summed E-state index contributed by atoms with van der Waals surface area (Å²) in [5.74, 6) is 0. The molecular weight excluding hydrogens is 280 g/mol. The highest BCUT2D eigenvalue weighted by molar-refractivity contribution is 7.91. The number of sulfonamides is 1. The van der Waals surface area contributed by atoms with Crippen LogP contribution in [0.1, 0.15) is 0 Å². The van der Waals surface area contributed by atoms with E-state index in [2.05, 4.69) is 4.84 Å². The Labute approximate surface area is 100 Å². The van der Waals surface area contributed by atoms with Gasteiger partial charge in [-0.3, -0.25) is 15.0 Å². The molecule has 10 heteroatoms. The lowest BCUT2D eigenvalue weighted by Crippen LogP contribution is -2.24. The maximum absolute atomic E-state index is 11.7. The lowest BCUT2D eigenvalue weighted by molar-refractivity contribution is -0.384. The summed E-state index contributed by atoms with van der Waals surface area (Å²) in [5, 5.41) is 10.5. The number of nitro groups is 1. The molecular formula is C6H7ClN2O5S2. The SMILES string of the molecule is CON(C)S(=O)(=O)c1cc([N+](=O)[O-])c(Cl)s1. The van der Waals surface area contributed by atoms with Crippen LogP contribution in [0, 0.1) is 10.1 Å². The fourth-order valence-corrected chi connectivity index (χ4v) is 3.61. The molecule has 0 aromatic carbocycles. The van der Waals surface area contributed by atoms with Crippen LogP contribution in [-0.4, -0.2) is 32.0 Å². The van der Waals surface area contributed by atoms with Crippen molar-refractivity contribution in [3.05, 3.63) is 20.5 Å². The van der Waals surface area contributed by atoms with Crippen molar-refractivity contribution in [2.45, 2.75) is 4.21 Å².